The summed E-state index contributed by atoms with van der Waals surface area (Å²) >= 11 is 0. The summed E-state index contributed by atoms with van der Waals surface area (Å²) in [6.07, 6.45) is 3.49. The third kappa shape index (κ3) is 6.93. The van der Waals surface area contributed by atoms with Crippen molar-refractivity contribution in [1.29, 1.82) is 0 Å². The molecule has 27 heavy (non-hydrogen) atoms. The molecule has 8 heteroatoms. The maximum atomic E-state index is 12.3. The molecule has 1 aromatic carbocycles. The number of carbonyl (C=O) groups is 2. The van der Waals surface area contributed by atoms with Gasteiger partial charge in [-0.1, -0.05) is 12.1 Å². The lowest BCUT2D eigenvalue weighted by molar-refractivity contribution is -0.143. The van der Waals surface area contributed by atoms with E-state index in [4.69, 9.17) is 9.47 Å². The fraction of sp³-hybridized carbons (Fsp3) is 0.368. The fourth-order valence-electron chi connectivity index (χ4n) is 2.44. The van der Waals surface area contributed by atoms with Crippen molar-refractivity contribution in [1.82, 2.24) is 15.3 Å². The average Bonchev–Trinajstić information content (AvgIpc) is 2.68. The van der Waals surface area contributed by atoms with Gasteiger partial charge in [0.15, 0.2) is 0 Å². The Morgan fingerprint density at radius 3 is 2.67 bits per heavy atom. The van der Waals surface area contributed by atoms with Crippen molar-refractivity contribution in [2.24, 2.45) is 0 Å². The summed E-state index contributed by atoms with van der Waals surface area (Å²) in [4.78, 5) is 32.3. The number of carbonyl (C=O) groups excluding carboxylic acids is 2. The first-order valence-electron chi connectivity index (χ1n) is 8.72. The largest absolute Gasteiger partial charge is 0.497 e. The van der Waals surface area contributed by atoms with Gasteiger partial charge >= 0.3 is 5.97 Å². The first kappa shape index (κ1) is 20.2. The molecule has 0 aliphatic rings. The van der Waals surface area contributed by atoms with Crippen LogP contribution in [0.3, 0.4) is 0 Å². The summed E-state index contributed by atoms with van der Waals surface area (Å²) in [5.41, 5.74) is 0.773. The Labute approximate surface area is 158 Å². The van der Waals surface area contributed by atoms with Crippen LogP contribution in [0.2, 0.25) is 0 Å². The van der Waals surface area contributed by atoms with Gasteiger partial charge in [0.25, 0.3) is 0 Å². The maximum absolute atomic E-state index is 12.3. The summed E-state index contributed by atoms with van der Waals surface area (Å²) in [5, 5.41) is 5.86. The molecule has 0 saturated heterocycles. The minimum Gasteiger partial charge on any atom is -0.497 e. The molecular formula is C19H24N4O4. The van der Waals surface area contributed by atoms with E-state index in [1.54, 1.807) is 44.6 Å². The first-order valence-corrected chi connectivity index (χ1v) is 8.72. The summed E-state index contributed by atoms with van der Waals surface area (Å²) in [6.45, 7) is 2.41. The Hall–Kier alpha value is -3.16. The van der Waals surface area contributed by atoms with E-state index in [1.807, 2.05) is 12.1 Å². The first-order chi connectivity index (χ1) is 13.1. The molecule has 0 aliphatic heterocycles. The minimum absolute atomic E-state index is 0.0436. The lowest BCUT2D eigenvalue weighted by Crippen LogP contribution is -2.31. The Bertz CT molecular complexity index is 739. The number of amides is 1. The molecule has 1 amide bonds. The minimum atomic E-state index is -0.500. The van der Waals surface area contributed by atoms with Crippen LogP contribution >= 0.6 is 0 Å². The van der Waals surface area contributed by atoms with Gasteiger partial charge in [0.05, 0.1) is 26.2 Å². The number of anilines is 1. The highest BCUT2D eigenvalue weighted by atomic mass is 16.5. The van der Waals surface area contributed by atoms with E-state index in [9.17, 15) is 9.59 Å². The molecule has 1 atom stereocenters. The summed E-state index contributed by atoms with van der Waals surface area (Å²) in [5.74, 6) is 0.539. The van der Waals surface area contributed by atoms with Crippen LogP contribution in [0.4, 0.5) is 5.95 Å². The van der Waals surface area contributed by atoms with Gasteiger partial charge in [0, 0.05) is 25.4 Å². The molecule has 144 valence electrons. The number of aromatic nitrogens is 2. The molecular weight excluding hydrogens is 348 g/mol. The van der Waals surface area contributed by atoms with Gasteiger partial charge in [0.1, 0.15) is 5.75 Å². The van der Waals surface area contributed by atoms with Crippen LogP contribution < -0.4 is 15.4 Å². The van der Waals surface area contributed by atoms with Crippen molar-refractivity contribution >= 4 is 17.8 Å². The van der Waals surface area contributed by atoms with E-state index < -0.39 is 6.04 Å². The smallest absolute Gasteiger partial charge is 0.308 e. The molecule has 1 unspecified atom stereocenters. The van der Waals surface area contributed by atoms with Crippen LogP contribution in [0.1, 0.15) is 31.4 Å². The predicted octanol–water partition coefficient (Wildman–Crippen LogP) is 2.10. The SMILES string of the molecule is CCOC(=O)CC(NC(=O)CCNc1ncccn1)c1cccc(OC)c1. The van der Waals surface area contributed by atoms with Crippen molar-refractivity contribution in [3.05, 3.63) is 48.3 Å². The number of esters is 1. The standard InChI is InChI=1S/C19H24N4O4/c1-3-27-18(25)13-16(14-6-4-7-15(12-14)26-2)23-17(24)8-11-22-19-20-9-5-10-21-19/h4-7,9-10,12,16H,3,8,11,13H2,1-2H3,(H,23,24)(H,20,21,22). The van der Waals surface area contributed by atoms with Crippen molar-refractivity contribution in [3.8, 4) is 5.75 Å². The zero-order chi connectivity index (χ0) is 19.5. The Kier molecular flexibility index (Phi) is 8.02. The number of benzene rings is 1. The molecule has 2 rings (SSSR count). The molecule has 0 fully saturated rings. The van der Waals surface area contributed by atoms with E-state index in [0.29, 0.717) is 24.8 Å². The van der Waals surface area contributed by atoms with Gasteiger partial charge in [0.2, 0.25) is 11.9 Å². The van der Waals surface area contributed by atoms with Crippen LogP contribution in [-0.2, 0) is 14.3 Å². The summed E-state index contributed by atoms with van der Waals surface area (Å²) in [7, 11) is 1.56. The monoisotopic (exact) mass is 372 g/mol. The third-order valence-electron chi connectivity index (χ3n) is 3.71. The predicted molar refractivity (Wildman–Crippen MR) is 100 cm³/mol. The summed E-state index contributed by atoms with van der Waals surface area (Å²) < 4.78 is 10.2. The second-order valence-corrected chi connectivity index (χ2v) is 5.66. The van der Waals surface area contributed by atoms with Gasteiger partial charge in [-0.3, -0.25) is 9.59 Å². The number of hydrogen-bond acceptors (Lipinski definition) is 7. The van der Waals surface area contributed by atoms with Crippen LogP contribution in [0, 0.1) is 0 Å². The highest BCUT2D eigenvalue weighted by Gasteiger charge is 2.19. The van der Waals surface area contributed by atoms with Crippen LogP contribution in [-0.4, -0.2) is 42.1 Å². The van der Waals surface area contributed by atoms with Crippen molar-refractivity contribution < 1.29 is 19.1 Å². The zero-order valence-electron chi connectivity index (χ0n) is 15.5. The van der Waals surface area contributed by atoms with Crippen LogP contribution in [0.25, 0.3) is 0 Å². The molecule has 0 spiro atoms. The van der Waals surface area contributed by atoms with E-state index >= 15 is 0 Å². The van der Waals surface area contributed by atoms with Crippen LogP contribution in [0.5, 0.6) is 5.75 Å². The van der Waals surface area contributed by atoms with Gasteiger partial charge < -0.3 is 20.1 Å². The highest BCUT2D eigenvalue weighted by molar-refractivity contribution is 5.78. The molecule has 2 N–H and O–H groups in total. The molecule has 1 aromatic heterocycles. The Morgan fingerprint density at radius 2 is 1.96 bits per heavy atom. The summed E-state index contributed by atoms with van der Waals surface area (Å²) in [6, 6.07) is 8.46. The van der Waals surface area contributed by atoms with Gasteiger partial charge in [-0.25, -0.2) is 9.97 Å². The lowest BCUT2D eigenvalue weighted by Gasteiger charge is -2.19. The quantitative estimate of drug-likeness (QED) is 0.616. The zero-order valence-corrected chi connectivity index (χ0v) is 15.5. The number of hydrogen-bond donors (Lipinski definition) is 2. The highest BCUT2D eigenvalue weighted by Crippen LogP contribution is 2.22. The van der Waals surface area contributed by atoms with Crippen molar-refractivity contribution in [2.45, 2.75) is 25.8 Å². The topological polar surface area (TPSA) is 102 Å². The average molecular weight is 372 g/mol. The molecule has 0 bridgehead atoms. The van der Waals surface area contributed by atoms with Crippen LogP contribution in [0.15, 0.2) is 42.7 Å². The van der Waals surface area contributed by atoms with Crippen molar-refractivity contribution in [2.75, 3.05) is 25.6 Å². The molecule has 8 nitrogen and oxygen atoms in total. The molecule has 0 radical (unpaired) electrons. The molecule has 0 aliphatic carbocycles. The Balaban J connectivity index is 1.97. The van der Waals surface area contributed by atoms with Crippen molar-refractivity contribution in [3.63, 3.8) is 0 Å². The number of nitrogens with zero attached hydrogens (tertiary/aromatic N) is 2. The van der Waals surface area contributed by atoms with Gasteiger partial charge in [-0.2, -0.15) is 0 Å². The number of methoxy groups -OCH3 is 1. The normalized spacial score (nSPS) is 11.3. The van der Waals surface area contributed by atoms with Gasteiger partial charge in [-0.15, -0.1) is 0 Å². The number of nitrogens with one attached hydrogen (secondary N) is 2. The fourth-order valence-corrected chi connectivity index (χ4v) is 2.44. The molecule has 2 aromatic rings. The van der Waals surface area contributed by atoms with E-state index in [-0.39, 0.29) is 24.7 Å². The third-order valence-corrected chi connectivity index (χ3v) is 3.71. The van der Waals surface area contributed by atoms with E-state index in [0.717, 1.165) is 5.56 Å². The number of rotatable bonds is 10. The molecule has 0 saturated carbocycles. The maximum Gasteiger partial charge on any atom is 0.308 e. The van der Waals surface area contributed by atoms with Gasteiger partial charge in [-0.05, 0) is 30.7 Å². The number of ether oxygens (including phenoxy) is 2. The lowest BCUT2D eigenvalue weighted by atomic mass is 10.0. The second-order valence-electron chi connectivity index (χ2n) is 5.66. The van der Waals surface area contributed by atoms with E-state index in [2.05, 4.69) is 20.6 Å². The molecule has 1 heterocycles. The van der Waals surface area contributed by atoms with E-state index in [1.165, 1.54) is 0 Å². The Morgan fingerprint density at radius 1 is 1.19 bits per heavy atom. The second kappa shape index (κ2) is 10.7.